The van der Waals surface area contributed by atoms with Crippen LogP contribution in [0.4, 0.5) is 18.9 Å². The number of ether oxygens (including phenoxy) is 1. The number of rotatable bonds is 4. The molecule has 0 unspecified atom stereocenters. The van der Waals surface area contributed by atoms with Gasteiger partial charge in [0.05, 0.1) is 38.9 Å². The summed E-state index contributed by atoms with van der Waals surface area (Å²) >= 11 is 5.57. The Morgan fingerprint density at radius 1 is 1.13 bits per heavy atom. The van der Waals surface area contributed by atoms with E-state index in [0.29, 0.717) is 19.2 Å². The SMILES string of the molecule is C[C@@H]1CN(C(=O)c2ccccc2NS(=O)(=O)c2ccc(Cl)c(C(F)(F)F)c2)C[C@H](C)O1. The molecule has 1 aliphatic heterocycles. The van der Waals surface area contributed by atoms with Crippen molar-refractivity contribution in [1.82, 2.24) is 4.90 Å². The van der Waals surface area contributed by atoms with Crippen LogP contribution in [0, 0.1) is 0 Å². The molecule has 0 aromatic heterocycles. The summed E-state index contributed by atoms with van der Waals surface area (Å²) in [6.07, 6.45) is -5.20. The van der Waals surface area contributed by atoms with E-state index >= 15 is 0 Å². The Labute approximate surface area is 183 Å². The van der Waals surface area contributed by atoms with Crippen molar-refractivity contribution in [2.75, 3.05) is 17.8 Å². The molecule has 31 heavy (non-hydrogen) atoms. The van der Waals surface area contributed by atoms with Crippen LogP contribution in [0.5, 0.6) is 0 Å². The third kappa shape index (κ3) is 5.31. The number of hydrogen-bond donors (Lipinski definition) is 1. The van der Waals surface area contributed by atoms with Crippen molar-refractivity contribution in [1.29, 1.82) is 0 Å². The summed E-state index contributed by atoms with van der Waals surface area (Å²) in [5.74, 6) is -0.410. The minimum atomic E-state index is -4.82. The molecule has 1 saturated heterocycles. The molecule has 168 valence electrons. The Morgan fingerprint density at radius 2 is 1.74 bits per heavy atom. The van der Waals surface area contributed by atoms with Gasteiger partial charge in [-0.15, -0.1) is 0 Å². The zero-order valence-electron chi connectivity index (χ0n) is 16.6. The van der Waals surface area contributed by atoms with Crippen LogP contribution in [0.3, 0.4) is 0 Å². The number of sulfonamides is 1. The molecule has 0 bridgehead atoms. The summed E-state index contributed by atoms with van der Waals surface area (Å²) in [6.45, 7) is 4.30. The number of nitrogens with one attached hydrogen (secondary N) is 1. The molecule has 2 atom stereocenters. The number of anilines is 1. The third-order valence-electron chi connectivity index (χ3n) is 4.66. The van der Waals surface area contributed by atoms with E-state index in [1.165, 1.54) is 18.2 Å². The summed E-state index contributed by atoms with van der Waals surface area (Å²) in [6, 6.07) is 8.21. The number of alkyl halides is 3. The number of morpholine rings is 1. The molecule has 1 amide bonds. The summed E-state index contributed by atoms with van der Waals surface area (Å²) in [5.41, 5.74) is -1.22. The number of benzene rings is 2. The van der Waals surface area contributed by atoms with Crippen molar-refractivity contribution in [3.8, 4) is 0 Å². The van der Waals surface area contributed by atoms with Gasteiger partial charge in [0.2, 0.25) is 0 Å². The number of carbonyl (C=O) groups excluding carboxylic acids is 1. The number of nitrogens with zero attached hydrogens (tertiary/aromatic N) is 1. The normalized spacial score (nSPS) is 19.9. The molecule has 1 fully saturated rings. The Balaban J connectivity index is 1.93. The second-order valence-corrected chi connectivity index (χ2v) is 9.35. The first kappa shape index (κ1) is 23.4. The van der Waals surface area contributed by atoms with E-state index in [2.05, 4.69) is 4.72 Å². The van der Waals surface area contributed by atoms with Crippen LogP contribution in [0.25, 0.3) is 0 Å². The van der Waals surface area contributed by atoms with Crippen LogP contribution in [-0.2, 0) is 20.9 Å². The van der Waals surface area contributed by atoms with Gasteiger partial charge in [-0.05, 0) is 44.2 Å². The number of halogens is 4. The Kier molecular flexibility index (Phi) is 6.54. The summed E-state index contributed by atoms with van der Waals surface area (Å²) in [5, 5.41) is -0.613. The fourth-order valence-electron chi connectivity index (χ4n) is 3.37. The van der Waals surface area contributed by atoms with Crippen LogP contribution >= 0.6 is 11.6 Å². The van der Waals surface area contributed by atoms with Gasteiger partial charge in [0.25, 0.3) is 15.9 Å². The van der Waals surface area contributed by atoms with Crippen LogP contribution in [0.15, 0.2) is 47.4 Å². The molecular weight excluding hydrogens is 457 g/mol. The quantitative estimate of drug-likeness (QED) is 0.709. The summed E-state index contributed by atoms with van der Waals surface area (Å²) in [4.78, 5) is 14.0. The van der Waals surface area contributed by atoms with Crippen molar-refractivity contribution < 1.29 is 31.1 Å². The predicted molar refractivity (Wildman–Crippen MR) is 110 cm³/mol. The second kappa shape index (κ2) is 8.68. The monoisotopic (exact) mass is 476 g/mol. The fourth-order valence-corrected chi connectivity index (χ4v) is 4.70. The molecule has 6 nitrogen and oxygen atoms in total. The Bertz CT molecular complexity index is 1080. The van der Waals surface area contributed by atoms with Crippen LogP contribution in [-0.4, -0.2) is 44.5 Å². The van der Waals surface area contributed by atoms with Gasteiger partial charge in [-0.25, -0.2) is 8.42 Å². The molecule has 0 radical (unpaired) electrons. The molecule has 2 aromatic carbocycles. The van der Waals surface area contributed by atoms with E-state index in [-0.39, 0.29) is 23.5 Å². The number of amides is 1. The maximum absolute atomic E-state index is 13.1. The molecule has 2 aromatic rings. The van der Waals surface area contributed by atoms with Gasteiger partial charge in [0.15, 0.2) is 0 Å². The van der Waals surface area contributed by atoms with Gasteiger partial charge < -0.3 is 9.64 Å². The first-order valence-corrected chi connectivity index (χ1v) is 11.2. The van der Waals surface area contributed by atoms with Gasteiger partial charge in [0, 0.05) is 13.1 Å². The lowest BCUT2D eigenvalue weighted by molar-refractivity contribution is -0.137. The van der Waals surface area contributed by atoms with Crippen LogP contribution in [0.2, 0.25) is 5.02 Å². The topological polar surface area (TPSA) is 75.7 Å². The highest BCUT2D eigenvalue weighted by Crippen LogP contribution is 2.36. The molecule has 1 heterocycles. The lowest BCUT2D eigenvalue weighted by Crippen LogP contribution is -2.48. The summed E-state index contributed by atoms with van der Waals surface area (Å²) < 4.78 is 72.8. The minimum Gasteiger partial charge on any atom is -0.372 e. The zero-order valence-corrected chi connectivity index (χ0v) is 18.2. The highest BCUT2D eigenvalue weighted by molar-refractivity contribution is 7.92. The van der Waals surface area contributed by atoms with Gasteiger partial charge in [-0.3, -0.25) is 9.52 Å². The average Bonchev–Trinajstić information content (AvgIpc) is 2.66. The first-order valence-electron chi connectivity index (χ1n) is 9.32. The number of hydrogen-bond acceptors (Lipinski definition) is 4. The predicted octanol–water partition coefficient (Wildman–Crippen LogP) is 4.41. The molecule has 1 N–H and O–H groups in total. The molecule has 1 aliphatic rings. The lowest BCUT2D eigenvalue weighted by Gasteiger charge is -2.35. The number of para-hydroxylation sites is 1. The van der Waals surface area contributed by atoms with E-state index in [4.69, 9.17) is 16.3 Å². The van der Waals surface area contributed by atoms with E-state index < -0.39 is 37.6 Å². The van der Waals surface area contributed by atoms with Crippen molar-refractivity contribution in [3.05, 3.63) is 58.6 Å². The summed E-state index contributed by atoms with van der Waals surface area (Å²) in [7, 11) is -4.43. The van der Waals surface area contributed by atoms with Gasteiger partial charge in [0.1, 0.15) is 0 Å². The zero-order chi connectivity index (χ0) is 23.0. The maximum Gasteiger partial charge on any atom is 0.417 e. The molecule has 0 saturated carbocycles. The van der Waals surface area contributed by atoms with Gasteiger partial charge in [-0.2, -0.15) is 13.2 Å². The van der Waals surface area contributed by atoms with E-state index in [0.717, 1.165) is 12.1 Å². The van der Waals surface area contributed by atoms with E-state index in [9.17, 15) is 26.4 Å². The second-order valence-electron chi connectivity index (χ2n) is 7.26. The van der Waals surface area contributed by atoms with Crippen LogP contribution < -0.4 is 4.72 Å². The van der Waals surface area contributed by atoms with Crippen molar-refractivity contribution in [2.45, 2.75) is 37.1 Å². The molecule has 3 rings (SSSR count). The standard InChI is InChI=1S/C20H20ClF3N2O4S/c1-12-10-26(11-13(2)30-12)19(27)15-5-3-4-6-18(15)25-31(28,29)14-7-8-17(21)16(9-14)20(22,23)24/h3-9,12-13,25H,10-11H2,1-2H3/t12-,13+. The largest absolute Gasteiger partial charge is 0.417 e. The fraction of sp³-hybridized carbons (Fsp3) is 0.350. The molecule has 0 spiro atoms. The van der Waals surface area contributed by atoms with E-state index in [1.807, 2.05) is 13.8 Å². The first-order chi connectivity index (χ1) is 14.4. The van der Waals surface area contributed by atoms with Crippen molar-refractivity contribution in [3.63, 3.8) is 0 Å². The minimum absolute atomic E-state index is 0.0391. The van der Waals surface area contributed by atoms with Crippen molar-refractivity contribution >= 4 is 33.2 Å². The van der Waals surface area contributed by atoms with Crippen LogP contribution in [0.1, 0.15) is 29.8 Å². The number of carbonyl (C=O) groups is 1. The molecule has 0 aliphatic carbocycles. The molecule has 11 heteroatoms. The van der Waals surface area contributed by atoms with Crippen molar-refractivity contribution in [2.24, 2.45) is 0 Å². The van der Waals surface area contributed by atoms with Gasteiger partial charge in [-0.1, -0.05) is 23.7 Å². The highest BCUT2D eigenvalue weighted by Gasteiger charge is 2.35. The van der Waals surface area contributed by atoms with Gasteiger partial charge >= 0.3 is 6.18 Å². The lowest BCUT2D eigenvalue weighted by atomic mass is 10.1. The van der Waals surface area contributed by atoms with E-state index in [1.54, 1.807) is 11.0 Å². The average molecular weight is 477 g/mol. The third-order valence-corrected chi connectivity index (χ3v) is 6.35. The smallest absolute Gasteiger partial charge is 0.372 e. The Morgan fingerprint density at radius 3 is 2.35 bits per heavy atom. The maximum atomic E-state index is 13.1. The molecular formula is C20H20ClF3N2O4S. The highest BCUT2D eigenvalue weighted by atomic mass is 35.5. The Hall–Kier alpha value is -2.30.